The molecule has 0 aromatic heterocycles. The summed E-state index contributed by atoms with van der Waals surface area (Å²) in [6.07, 6.45) is 3.41. The molecule has 0 amide bonds. The molecular formula is C20H18O8. The van der Waals surface area contributed by atoms with Crippen LogP contribution < -0.4 is 9.47 Å². The molecule has 0 saturated heterocycles. The van der Waals surface area contributed by atoms with Crippen molar-refractivity contribution < 1.29 is 39.5 Å². The van der Waals surface area contributed by atoms with Crippen molar-refractivity contribution in [2.45, 2.75) is 0 Å². The molecule has 0 aliphatic rings. The molecule has 0 spiro atoms. The van der Waals surface area contributed by atoms with Crippen LogP contribution in [-0.2, 0) is 9.59 Å². The third-order valence-corrected chi connectivity index (χ3v) is 3.77. The number of methoxy groups -OCH3 is 2. The Bertz CT molecular complexity index is 972. The number of benzene rings is 2. The van der Waals surface area contributed by atoms with Gasteiger partial charge in [-0.05, 0) is 47.5 Å². The van der Waals surface area contributed by atoms with Gasteiger partial charge in [0.2, 0.25) is 0 Å². The second kappa shape index (κ2) is 8.63. The summed E-state index contributed by atoms with van der Waals surface area (Å²) in [6.45, 7) is 0. The van der Waals surface area contributed by atoms with Gasteiger partial charge in [-0.15, -0.1) is 0 Å². The number of hydrogen-bond donors (Lipinski definition) is 4. The van der Waals surface area contributed by atoms with Gasteiger partial charge in [0, 0.05) is 11.6 Å². The minimum atomic E-state index is -1.33. The Kier molecular flexibility index (Phi) is 6.28. The molecule has 8 nitrogen and oxygen atoms in total. The first kappa shape index (κ1) is 20.4. The molecular weight excluding hydrogens is 368 g/mol. The van der Waals surface area contributed by atoms with E-state index in [0.717, 1.165) is 6.08 Å². The van der Waals surface area contributed by atoms with Crippen molar-refractivity contribution in [3.05, 3.63) is 53.1 Å². The number of rotatable bonds is 7. The fourth-order valence-electron chi connectivity index (χ4n) is 2.46. The van der Waals surface area contributed by atoms with Crippen LogP contribution in [0.4, 0.5) is 0 Å². The van der Waals surface area contributed by atoms with Crippen LogP contribution in [0.3, 0.4) is 0 Å². The smallest absolute Gasteiger partial charge is 0.336 e. The minimum absolute atomic E-state index is 0.0158. The third-order valence-electron chi connectivity index (χ3n) is 3.77. The summed E-state index contributed by atoms with van der Waals surface area (Å²) in [6, 6.07) is 6.96. The number of aliphatic carboxylic acids is 2. The number of carboxylic acid groups (broad SMARTS) is 2. The zero-order chi connectivity index (χ0) is 20.8. The van der Waals surface area contributed by atoms with E-state index in [2.05, 4.69) is 0 Å². The van der Waals surface area contributed by atoms with Crippen LogP contribution in [0.15, 0.2) is 36.4 Å². The average molecular weight is 386 g/mol. The molecule has 28 heavy (non-hydrogen) atoms. The molecule has 4 N–H and O–H groups in total. The zero-order valence-corrected chi connectivity index (χ0v) is 15.0. The molecule has 2 aromatic rings. The second-order valence-electron chi connectivity index (χ2n) is 5.59. The summed E-state index contributed by atoms with van der Waals surface area (Å²) in [7, 11) is 2.65. The van der Waals surface area contributed by atoms with E-state index in [1.165, 1.54) is 56.7 Å². The van der Waals surface area contributed by atoms with Crippen LogP contribution in [0.5, 0.6) is 23.0 Å². The quantitative estimate of drug-likeness (QED) is 0.422. The molecule has 0 aliphatic carbocycles. The van der Waals surface area contributed by atoms with Crippen LogP contribution in [-0.4, -0.2) is 46.6 Å². The molecule has 8 heteroatoms. The fraction of sp³-hybridized carbons (Fsp3) is 0.100. The second-order valence-corrected chi connectivity index (χ2v) is 5.59. The molecule has 0 heterocycles. The van der Waals surface area contributed by atoms with Gasteiger partial charge in [0.25, 0.3) is 0 Å². The standard InChI is InChI=1S/C20H18O8/c1-27-16-9-11(3-5-15(16)21)8-14(20(25)26)13-7-12(4-6-18(22)23)10-17(28-2)19(13)24/h3-10,21,24H,1-2H3,(H,22,23)(H,25,26)/b6-4-,14-8+. The molecule has 0 radical (unpaired) electrons. The molecule has 0 atom stereocenters. The van der Waals surface area contributed by atoms with Gasteiger partial charge < -0.3 is 29.9 Å². The van der Waals surface area contributed by atoms with Gasteiger partial charge in [0.05, 0.1) is 19.8 Å². The summed E-state index contributed by atoms with van der Waals surface area (Å²) >= 11 is 0. The predicted octanol–water partition coefficient (Wildman–Crippen LogP) is 2.84. The lowest BCUT2D eigenvalue weighted by molar-refractivity contribution is -0.131. The van der Waals surface area contributed by atoms with E-state index in [9.17, 15) is 24.9 Å². The monoisotopic (exact) mass is 386 g/mol. The Labute approximate surface area is 160 Å². The summed E-state index contributed by atoms with van der Waals surface area (Å²) < 4.78 is 10.1. The first-order chi connectivity index (χ1) is 13.3. The van der Waals surface area contributed by atoms with Crippen molar-refractivity contribution >= 4 is 29.7 Å². The third kappa shape index (κ3) is 4.61. The number of ether oxygens (including phenoxy) is 2. The van der Waals surface area contributed by atoms with Crippen molar-refractivity contribution in [2.75, 3.05) is 14.2 Å². The summed E-state index contributed by atoms with van der Waals surface area (Å²) in [4.78, 5) is 22.6. The maximum atomic E-state index is 11.8. The van der Waals surface area contributed by atoms with Crippen molar-refractivity contribution in [3.8, 4) is 23.0 Å². The Morgan fingerprint density at radius 2 is 1.57 bits per heavy atom. The molecule has 0 unspecified atom stereocenters. The van der Waals surface area contributed by atoms with E-state index in [-0.39, 0.29) is 28.4 Å². The van der Waals surface area contributed by atoms with Crippen LogP contribution >= 0.6 is 0 Å². The van der Waals surface area contributed by atoms with Crippen molar-refractivity contribution in [1.29, 1.82) is 0 Å². The lowest BCUT2D eigenvalue weighted by Gasteiger charge is -2.12. The van der Waals surface area contributed by atoms with E-state index in [4.69, 9.17) is 14.6 Å². The Morgan fingerprint density at radius 1 is 0.929 bits per heavy atom. The largest absolute Gasteiger partial charge is 0.504 e. The van der Waals surface area contributed by atoms with Crippen LogP contribution in [0.2, 0.25) is 0 Å². The first-order valence-electron chi connectivity index (χ1n) is 7.91. The van der Waals surface area contributed by atoms with Crippen LogP contribution in [0.1, 0.15) is 16.7 Å². The van der Waals surface area contributed by atoms with Crippen LogP contribution in [0, 0.1) is 0 Å². The van der Waals surface area contributed by atoms with E-state index in [1.54, 1.807) is 0 Å². The normalized spacial score (nSPS) is 11.4. The van der Waals surface area contributed by atoms with E-state index in [1.807, 2.05) is 0 Å². The van der Waals surface area contributed by atoms with Gasteiger partial charge in [-0.25, -0.2) is 9.59 Å². The number of hydrogen-bond acceptors (Lipinski definition) is 6. The number of aromatic hydroxyl groups is 2. The number of carbonyl (C=O) groups is 2. The highest BCUT2D eigenvalue weighted by Crippen LogP contribution is 2.37. The maximum Gasteiger partial charge on any atom is 0.336 e. The van der Waals surface area contributed by atoms with Crippen molar-refractivity contribution in [2.24, 2.45) is 0 Å². The molecule has 0 aliphatic heterocycles. The fourth-order valence-corrected chi connectivity index (χ4v) is 2.46. The van der Waals surface area contributed by atoms with Crippen molar-refractivity contribution in [1.82, 2.24) is 0 Å². The van der Waals surface area contributed by atoms with Gasteiger partial charge in [0.15, 0.2) is 23.0 Å². The molecule has 0 bridgehead atoms. The molecule has 0 saturated carbocycles. The highest BCUT2D eigenvalue weighted by atomic mass is 16.5. The number of phenolic OH excluding ortho intramolecular Hbond substituents is 2. The highest BCUT2D eigenvalue weighted by molar-refractivity contribution is 6.21. The molecule has 0 fully saturated rings. The van der Waals surface area contributed by atoms with Gasteiger partial charge in [-0.2, -0.15) is 0 Å². The molecule has 146 valence electrons. The molecule has 2 aromatic carbocycles. The number of carboxylic acids is 2. The predicted molar refractivity (Wildman–Crippen MR) is 101 cm³/mol. The van der Waals surface area contributed by atoms with E-state index < -0.39 is 17.7 Å². The maximum absolute atomic E-state index is 11.8. The Morgan fingerprint density at radius 3 is 2.14 bits per heavy atom. The SMILES string of the molecule is COc1cc(/C=C(/C(=O)O)c2cc(/C=C\C(=O)O)cc(OC)c2O)ccc1O. The van der Waals surface area contributed by atoms with E-state index in [0.29, 0.717) is 11.1 Å². The zero-order valence-electron chi connectivity index (χ0n) is 15.0. The topological polar surface area (TPSA) is 134 Å². The minimum Gasteiger partial charge on any atom is -0.504 e. The van der Waals surface area contributed by atoms with E-state index >= 15 is 0 Å². The lowest BCUT2D eigenvalue weighted by Crippen LogP contribution is -2.02. The average Bonchev–Trinajstić information content (AvgIpc) is 2.66. The Balaban J connectivity index is 2.67. The highest BCUT2D eigenvalue weighted by Gasteiger charge is 2.19. The van der Waals surface area contributed by atoms with Crippen molar-refractivity contribution in [3.63, 3.8) is 0 Å². The van der Waals surface area contributed by atoms with Gasteiger partial charge in [-0.3, -0.25) is 0 Å². The van der Waals surface area contributed by atoms with Crippen LogP contribution in [0.25, 0.3) is 17.7 Å². The molecule has 2 rings (SSSR count). The van der Waals surface area contributed by atoms with Gasteiger partial charge in [0.1, 0.15) is 0 Å². The number of phenols is 2. The van der Waals surface area contributed by atoms with Gasteiger partial charge in [-0.1, -0.05) is 6.07 Å². The lowest BCUT2D eigenvalue weighted by atomic mass is 9.98. The summed E-state index contributed by atoms with van der Waals surface area (Å²) in [5, 5.41) is 38.5. The Hall–Kier alpha value is -3.94. The summed E-state index contributed by atoms with van der Waals surface area (Å²) in [5.74, 6) is -2.89. The first-order valence-corrected chi connectivity index (χ1v) is 7.91. The van der Waals surface area contributed by atoms with Gasteiger partial charge >= 0.3 is 11.9 Å². The summed E-state index contributed by atoms with van der Waals surface area (Å²) in [5.41, 5.74) is 0.387.